The van der Waals surface area contributed by atoms with Gasteiger partial charge in [-0.25, -0.2) is 14.7 Å². The zero-order chi connectivity index (χ0) is 34.5. The van der Waals surface area contributed by atoms with Crippen LogP contribution < -0.4 is 4.74 Å². The van der Waals surface area contributed by atoms with Gasteiger partial charge in [-0.3, -0.25) is 0 Å². The third kappa shape index (κ3) is 11.8. The van der Waals surface area contributed by atoms with Crippen molar-refractivity contribution in [3.05, 3.63) is 42.2 Å². The Labute approximate surface area is 259 Å². The molecule has 0 amide bonds. The van der Waals surface area contributed by atoms with Gasteiger partial charge in [-0.1, -0.05) is 45.4 Å². The summed E-state index contributed by atoms with van der Waals surface area (Å²) < 4.78 is 154. The van der Waals surface area contributed by atoms with Crippen molar-refractivity contribution in [1.82, 2.24) is 9.97 Å². The van der Waals surface area contributed by atoms with Crippen LogP contribution in [0.25, 0.3) is 11.4 Å². The molecule has 1 aromatic heterocycles. The predicted molar refractivity (Wildman–Crippen MR) is 146 cm³/mol. The van der Waals surface area contributed by atoms with E-state index < -0.39 is 43.5 Å². The number of nitrogens with zero attached hydrogens (tertiary/aromatic N) is 2. The summed E-state index contributed by atoms with van der Waals surface area (Å²) in [7, 11) is 0. The molecule has 0 radical (unpaired) electrons. The van der Waals surface area contributed by atoms with Crippen molar-refractivity contribution in [2.75, 3.05) is 19.8 Å². The fraction of sp³-hybridized carbons (Fsp3) is 0.667. The SMILES string of the molecule is CCCCCCCCc1cnc(-c2ccc(OCCCCCCOCC(F)(F)OC(F)(F)C(F)(F)C(F)(F)C(F)(F)F)cc2)nc1. The van der Waals surface area contributed by atoms with Crippen molar-refractivity contribution in [2.24, 2.45) is 0 Å². The third-order valence-corrected chi connectivity index (χ3v) is 6.75. The molecule has 0 atom stereocenters. The first-order valence-corrected chi connectivity index (χ1v) is 14.8. The van der Waals surface area contributed by atoms with Gasteiger partial charge in [0, 0.05) is 24.6 Å². The molecule has 16 heteroatoms. The predicted octanol–water partition coefficient (Wildman–Crippen LogP) is 10.0. The number of unbranched alkanes of at least 4 members (excludes halogenated alkanes) is 8. The van der Waals surface area contributed by atoms with Gasteiger partial charge in [0.05, 0.1) is 6.61 Å². The largest absolute Gasteiger partial charge is 0.494 e. The zero-order valence-electron chi connectivity index (χ0n) is 25.1. The molecule has 1 heterocycles. The number of aryl methyl sites for hydroxylation is 1. The smallest absolute Gasteiger partial charge is 0.460 e. The van der Waals surface area contributed by atoms with Gasteiger partial charge in [0.15, 0.2) is 5.82 Å². The average molecular weight is 683 g/mol. The second-order valence-electron chi connectivity index (χ2n) is 10.7. The Morgan fingerprint density at radius 1 is 0.630 bits per heavy atom. The highest BCUT2D eigenvalue weighted by Crippen LogP contribution is 2.54. The van der Waals surface area contributed by atoms with E-state index in [0.717, 1.165) is 24.0 Å². The molecule has 0 spiro atoms. The molecule has 0 aliphatic heterocycles. The molecule has 0 unspecified atom stereocenters. The Hall–Kier alpha value is -2.75. The van der Waals surface area contributed by atoms with Crippen LogP contribution in [0.4, 0.5) is 48.3 Å². The van der Waals surface area contributed by atoms with E-state index in [-0.39, 0.29) is 6.42 Å². The Balaban J connectivity index is 1.63. The summed E-state index contributed by atoms with van der Waals surface area (Å²) in [6, 6.07) is 7.13. The number of hydrogen-bond donors (Lipinski definition) is 0. The molecule has 0 saturated heterocycles. The zero-order valence-corrected chi connectivity index (χ0v) is 25.1. The van der Waals surface area contributed by atoms with E-state index in [9.17, 15) is 48.3 Å². The topological polar surface area (TPSA) is 53.5 Å². The summed E-state index contributed by atoms with van der Waals surface area (Å²) in [6.07, 6.45) is -5.88. The molecule has 0 aliphatic rings. The van der Waals surface area contributed by atoms with Crippen LogP contribution in [-0.4, -0.2) is 60.0 Å². The van der Waals surface area contributed by atoms with Crippen LogP contribution in [0.3, 0.4) is 0 Å². The number of rotatable bonds is 22. The van der Waals surface area contributed by atoms with Crippen LogP contribution in [0.1, 0.15) is 76.7 Å². The summed E-state index contributed by atoms with van der Waals surface area (Å²) in [6.45, 7) is -0.0690. The Kier molecular flexibility index (Phi) is 14.9. The molecule has 1 aromatic carbocycles. The number of halogens is 11. The van der Waals surface area contributed by atoms with Crippen LogP contribution in [0.5, 0.6) is 5.75 Å². The fourth-order valence-corrected chi connectivity index (χ4v) is 4.13. The Morgan fingerprint density at radius 2 is 1.17 bits per heavy atom. The molecule has 5 nitrogen and oxygen atoms in total. The standard InChI is InChI=1S/C30H37F11N2O3/c1-2-3-4-5-6-9-12-22-19-42-25(43-20-22)23-13-15-24(16-14-23)45-18-11-8-7-10-17-44-21-26(31,32)46-30(40,41)28(35,36)27(33,34)29(37,38)39/h13-16,19-20H,2-12,17-18,21H2,1H3. The van der Waals surface area contributed by atoms with Gasteiger partial charge in [-0.2, -0.15) is 48.3 Å². The van der Waals surface area contributed by atoms with E-state index in [1.165, 1.54) is 32.1 Å². The van der Waals surface area contributed by atoms with Crippen molar-refractivity contribution in [1.29, 1.82) is 0 Å². The molecule has 0 aliphatic carbocycles. The first-order chi connectivity index (χ1) is 21.4. The lowest BCUT2D eigenvalue weighted by Gasteiger charge is -2.34. The van der Waals surface area contributed by atoms with Crippen molar-refractivity contribution >= 4 is 0 Å². The quantitative estimate of drug-likeness (QED) is 0.0914. The molecule has 0 saturated carbocycles. The van der Waals surface area contributed by atoms with Crippen LogP contribution in [0.2, 0.25) is 0 Å². The maximum absolute atomic E-state index is 13.5. The highest BCUT2D eigenvalue weighted by Gasteiger charge is 2.83. The van der Waals surface area contributed by atoms with Crippen LogP contribution in [0, 0.1) is 0 Å². The first-order valence-electron chi connectivity index (χ1n) is 14.8. The van der Waals surface area contributed by atoms with Gasteiger partial charge in [-0.15, -0.1) is 0 Å². The van der Waals surface area contributed by atoms with Gasteiger partial charge >= 0.3 is 30.2 Å². The summed E-state index contributed by atoms with van der Waals surface area (Å²) in [5, 5.41) is 0. The van der Waals surface area contributed by atoms with Crippen molar-refractivity contribution < 1.29 is 62.5 Å². The molecular formula is C30H37F11N2O3. The minimum Gasteiger partial charge on any atom is -0.494 e. The maximum atomic E-state index is 13.5. The number of benzene rings is 1. The minimum atomic E-state index is -7.35. The summed E-state index contributed by atoms with van der Waals surface area (Å²) in [4.78, 5) is 8.88. The average Bonchev–Trinajstić information content (AvgIpc) is 2.97. The monoisotopic (exact) mass is 682 g/mol. The van der Waals surface area contributed by atoms with Crippen LogP contribution in [0.15, 0.2) is 36.7 Å². The van der Waals surface area contributed by atoms with Crippen LogP contribution in [-0.2, 0) is 15.9 Å². The number of alkyl halides is 11. The second-order valence-corrected chi connectivity index (χ2v) is 10.7. The summed E-state index contributed by atoms with van der Waals surface area (Å²) in [5.74, 6) is -13.5. The molecule has 2 aromatic rings. The number of aromatic nitrogens is 2. The highest BCUT2D eigenvalue weighted by atomic mass is 19.4. The molecule has 262 valence electrons. The molecular weight excluding hydrogens is 645 g/mol. The lowest BCUT2D eigenvalue weighted by molar-refractivity contribution is -0.484. The normalized spacial score (nSPS) is 13.3. The van der Waals surface area contributed by atoms with E-state index in [4.69, 9.17) is 4.74 Å². The molecule has 0 bridgehead atoms. The van der Waals surface area contributed by atoms with Crippen molar-refractivity contribution in [2.45, 2.75) is 108 Å². The molecule has 0 N–H and O–H groups in total. The maximum Gasteiger partial charge on any atom is 0.460 e. The van der Waals surface area contributed by atoms with E-state index in [1.54, 1.807) is 12.1 Å². The number of hydrogen-bond acceptors (Lipinski definition) is 5. The lowest BCUT2D eigenvalue weighted by Crippen LogP contribution is -2.63. The van der Waals surface area contributed by atoms with E-state index in [0.29, 0.717) is 37.4 Å². The molecule has 2 rings (SSSR count). The molecule has 46 heavy (non-hydrogen) atoms. The summed E-state index contributed by atoms with van der Waals surface area (Å²) in [5.41, 5.74) is 1.90. The minimum absolute atomic E-state index is 0.112. The summed E-state index contributed by atoms with van der Waals surface area (Å²) >= 11 is 0. The van der Waals surface area contributed by atoms with E-state index in [1.807, 2.05) is 24.5 Å². The Bertz CT molecular complexity index is 1150. The first kappa shape index (κ1) is 39.4. The highest BCUT2D eigenvalue weighted by molar-refractivity contribution is 5.55. The molecule has 0 fully saturated rings. The second kappa shape index (κ2) is 17.4. The van der Waals surface area contributed by atoms with E-state index >= 15 is 0 Å². The van der Waals surface area contributed by atoms with E-state index in [2.05, 4.69) is 26.4 Å². The number of ether oxygens (including phenoxy) is 3. The Morgan fingerprint density at radius 3 is 1.76 bits per heavy atom. The van der Waals surface area contributed by atoms with Crippen LogP contribution >= 0.6 is 0 Å². The van der Waals surface area contributed by atoms with Gasteiger partial charge in [0.2, 0.25) is 0 Å². The van der Waals surface area contributed by atoms with Gasteiger partial charge in [0.1, 0.15) is 12.4 Å². The van der Waals surface area contributed by atoms with Crippen molar-refractivity contribution in [3.8, 4) is 17.1 Å². The van der Waals surface area contributed by atoms with Crippen molar-refractivity contribution in [3.63, 3.8) is 0 Å². The van der Waals surface area contributed by atoms with Gasteiger partial charge in [0.25, 0.3) is 0 Å². The lowest BCUT2D eigenvalue weighted by atomic mass is 10.1. The third-order valence-electron chi connectivity index (χ3n) is 6.75. The van der Waals surface area contributed by atoms with Gasteiger partial charge in [-0.05, 0) is 61.9 Å². The fourth-order valence-electron chi connectivity index (χ4n) is 4.13. The van der Waals surface area contributed by atoms with Gasteiger partial charge < -0.3 is 9.47 Å².